The highest BCUT2D eigenvalue weighted by Gasteiger charge is 2.30. The summed E-state index contributed by atoms with van der Waals surface area (Å²) >= 11 is 0. The molecular weight excluding hydrogens is 892 g/mol. The predicted octanol–water partition coefficient (Wildman–Crippen LogP) is 17.0. The van der Waals surface area contributed by atoms with Crippen LogP contribution in [0.4, 0.5) is 0 Å². The average molecular weight is 1000 g/mol. The summed E-state index contributed by atoms with van der Waals surface area (Å²) in [7, 11) is 1.44. The van der Waals surface area contributed by atoms with E-state index in [1.807, 2.05) is 39.4 Å². The number of phosphoric ester groups is 1. The van der Waals surface area contributed by atoms with Crippen LogP contribution in [-0.4, -0.2) is 74.3 Å². The average Bonchev–Trinajstić information content (AvgIpc) is 3.32. The lowest BCUT2D eigenvalue weighted by Gasteiger charge is -2.27. The van der Waals surface area contributed by atoms with Crippen LogP contribution in [0.5, 0.6) is 0 Å². The molecule has 0 aliphatic rings. The Labute approximate surface area is 431 Å². The Morgan fingerprint density at radius 2 is 0.929 bits per heavy atom. The number of esters is 1. The standard InChI is InChI=1S/C60H107N2O7P/c1-7-10-13-16-19-22-25-28-29-30-31-32-33-35-37-40-43-46-49-52-59(63)61-57(56-68-70(65,66)67-55-54-62(4,5)6)58(51-48-45-42-39-36-27-24-21-18-15-12-9-3)69-60(64)53-50-47-44-41-38-34-26-23-20-17-14-11-8-2/h10,13,19,22,28-29,31-32,35,37,43,46,48,51,57-58H,7-9,11-12,14-18,20-21,23-27,30,33-34,36,38-42,44-45,47,49-50,52-56H2,1-6H3,(H-,61,63,65,66)/p+1/b13-10-,22-19-,29-28-,32-31-,37-35-,46-43-,51-48-. The number of nitrogens with one attached hydrogen (secondary N) is 1. The molecule has 0 aromatic carbocycles. The third kappa shape index (κ3) is 50.1. The summed E-state index contributed by atoms with van der Waals surface area (Å²) in [5, 5.41) is 3.00. The van der Waals surface area contributed by atoms with E-state index in [1.165, 1.54) is 116 Å². The van der Waals surface area contributed by atoms with Crippen LogP contribution in [0.3, 0.4) is 0 Å². The van der Waals surface area contributed by atoms with Crippen molar-refractivity contribution in [3.8, 4) is 0 Å². The molecule has 0 aliphatic heterocycles. The van der Waals surface area contributed by atoms with Crippen molar-refractivity contribution in [3.63, 3.8) is 0 Å². The molecule has 10 heteroatoms. The number of rotatable bonds is 50. The van der Waals surface area contributed by atoms with Crippen molar-refractivity contribution >= 4 is 19.7 Å². The number of hydrogen-bond acceptors (Lipinski definition) is 6. The molecule has 0 saturated heterocycles. The smallest absolute Gasteiger partial charge is 0.456 e. The molecule has 0 aromatic rings. The second-order valence-electron chi connectivity index (χ2n) is 20.1. The molecule has 3 unspecified atom stereocenters. The number of unbranched alkanes of at least 4 members (excludes halogenated alkanes) is 22. The topological polar surface area (TPSA) is 111 Å². The number of carbonyl (C=O) groups is 2. The van der Waals surface area contributed by atoms with Gasteiger partial charge in [0.25, 0.3) is 0 Å². The van der Waals surface area contributed by atoms with E-state index >= 15 is 0 Å². The van der Waals surface area contributed by atoms with Crippen molar-refractivity contribution in [1.82, 2.24) is 5.32 Å². The van der Waals surface area contributed by atoms with Gasteiger partial charge < -0.3 is 19.4 Å². The summed E-state index contributed by atoms with van der Waals surface area (Å²) in [6.45, 7) is 6.83. The first-order valence-electron chi connectivity index (χ1n) is 28.4. The van der Waals surface area contributed by atoms with E-state index < -0.39 is 20.0 Å². The van der Waals surface area contributed by atoms with E-state index in [9.17, 15) is 19.0 Å². The molecule has 0 rings (SSSR count). The number of allylic oxidation sites excluding steroid dienone is 13. The van der Waals surface area contributed by atoms with E-state index in [0.29, 0.717) is 17.4 Å². The van der Waals surface area contributed by atoms with Gasteiger partial charge in [0, 0.05) is 12.8 Å². The SMILES string of the molecule is CC/C=C\C/C=C\C/C=C\C/C=C\C/C=C\C/C=C\CCC(=O)NC(COP(=O)(O)OCC[N+](C)(C)C)C(/C=C\CCCCCCCCCCCC)OC(=O)CCCCCCCCCCCCCCC. The fraction of sp³-hybridized carbons (Fsp3) is 0.733. The van der Waals surface area contributed by atoms with Gasteiger partial charge in [-0.1, -0.05) is 235 Å². The Balaban J connectivity index is 5.47. The maximum Gasteiger partial charge on any atom is 0.472 e. The molecule has 0 spiro atoms. The molecule has 404 valence electrons. The van der Waals surface area contributed by atoms with Gasteiger partial charge in [-0.3, -0.25) is 18.6 Å². The van der Waals surface area contributed by atoms with Crippen molar-refractivity contribution in [3.05, 3.63) is 85.1 Å². The maximum atomic E-state index is 13.5. The second kappa shape index (κ2) is 49.8. The van der Waals surface area contributed by atoms with Gasteiger partial charge in [-0.15, -0.1) is 0 Å². The molecule has 0 saturated carbocycles. The number of likely N-dealkylation sites (N-methyl/N-ethyl adjacent to an activating group) is 1. The predicted molar refractivity (Wildman–Crippen MR) is 300 cm³/mol. The Kier molecular flexibility index (Phi) is 47.8. The van der Waals surface area contributed by atoms with E-state index in [0.717, 1.165) is 77.0 Å². The molecule has 0 bridgehead atoms. The monoisotopic (exact) mass is 1000 g/mol. The minimum absolute atomic E-state index is 0.0244. The van der Waals surface area contributed by atoms with Crippen molar-refractivity contribution in [2.75, 3.05) is 40.9 Å². The highest BCUT2D eigenvalue weighted by molar-refractivity contribution is 7.47. The largest absolute Gasteiger partial charge is 0.472 e. The van der Waals surface area contributed by atoms with Gasteiger partial charge in [0.15, 0.2) is 0 Å². The third-order valence-corrected chi connectivity index (χ3v) is 13.1. The number of carbonyl (C=O) groups excluding carboxylic acids is 2. The van der Waals surface area contributed by atoms with Crippen molar-refractivity contribution in [2.24, 2.45) is 0 Å². The minimum Gasteiger partial charge on any atom is -0.456 e. The quantitative estimate of drug-likeness (QED) is 0.0205. The molecule has 0 aliphatic carbocycles. The molecule has 0 radical (unpaired) electrons. The highest BCUT2D eigenvalue weighted by Crippen LogP contribution is 2.43. The summed E-state index contributed by atoms with van der Waals surface area (Å²) in [6.07, 6.45) is 64.5. The lowest BCUT2D eigenvalue weighted by Crippen LogP contribution is -2.47. The van der Waals surface area contributed by atoms with Gasteiger partial charge in [0.05, 0.1) is 33.8 Å². The van der Waals surface area contributed by atoms with E-state index in [4.69, 9.17) is 13.8 Å². The molecule has 2 N–H and O–H groups in total. The van der Waals surface area contributed by atoms with Gasteiger partial charge in [0.2, 0.25) is 5.91 Å². The summed E-state index contributed by atoms with van der Waals surface area (Å²) in [5.41, 5.74) is 0. The van der Waals surface area contributed by atoms with Gasteiger partial charge >= 0.3 is 13.8 Å². The minimum atomic E-state index is -4.46. The molecular formula is C60H108N2O7P+. The van der Waals surface area contributed by atoms with Crippen molar-refractivity contribution < 1.29 is 37.3 Å². The zero-order valence-corrected chi connectivity index (χ0v) is 46.9. The molecule has 0 fully saturated rings. The molecule has 3 atom stereocenters. The molecule has 0 heterocycles. The first kappa shape index (κ1) is 67.2. The van der Waals surface area contributed by atoms with Crippen molar-refractivity contribution in [1.29, 1.82) is 0 Å². The highest BCUT2D eigenvalue weighted by atomic mass is 31.2. The fourth-order valence-corrected chi connectivity index (χ4v) is 8.46. The van der Waals surface area contributed by atoms with Crippen LogP contribution in [-0.2, 0) is 27.9 Å². The van der Waals surface area contributed by atoms with Crippen LogP contribution in [0.2, 0.25) is 0 Å². The zero-order valence-electron chi connectivity index (χ0n) is 46.0. The first-order valence-corrected chi connectivity index (χ1v) is 29.9. The number of phosphoric acid groups is 1. The summed E-state index contributed by atoms with van der Waals surface area (Å²) in [6, 6.07) is -0.889. The van der Waals surface area contributed by atoms with E-state index in [2.05, 4.69) is 92.9 Å². The van der Waals surface area contributed by atoms with E-state index in [1.54, 1.807) is 0 Å². The molecule has 70 heavy (non-hydrogen) atoms. The number of quaternary nitrogens is 1. The third-order valence-electron chi connectivity index (χ3n) is 12.1. The zero-order chi connectivity index (χ0) is 51.5. The summed E-state index contributed by atoms with van der Waals surface area (Å²) in [4.78, 5) is 37.5. The van der Waals surface area contributed by atoms with Crippen LogP contribution < -0.4 is 5.32 Å². The summed E-state index contributed by atoms with van der Waals surface area (Å²) in [5.74, 6) is -0.604. The van der Waals surface area contributed by atoms with Gasteiger partial charge in [-0.2, -0.15) is 0 Å². The van der Waals surface area contributed by atoms with Crippen LogP contribution in [0.25, 0.3) is 0 Å². The van der Waals surface area contributed by atoms with Crippen LogP contribution in [0.15, 0.2) is 85.1 Å². The number of nitrogens with zero attached hydrogens (tertiary/aromatic N) is 1. The second-order valence-corrected chi connectivity index (χ2v) is 21.5. The normalized spacial score (nSPS) is 14.4. The Hall–Kier alpha value is -2.81. The van der Waals surface area contributed by atoms with E-state index in [-0.39, 0.29) is 37.9 Å². The first-order chi connectivity index (χ1) is 33.9. The Morgan fingerprint density at radius 3 is 1.37 bits per heavy atom. The number of ether oxygens (including phenoxy) is 1. The van der Waals surface area contributed by atoms with Crippen LogP contribution in [0.1, 0.15) is 233 Å². The lowest BCUT2D eigenvalue weighted by atomic mass is 10.0. The lowest BCUT2D eigenvalue weighted by molar-refractivity contribution is -0.870. The van der Waals surface area contributed by atoms with Gasteiger partial charge in [-0.05, 0) is 70.3 Å². The van der Waals surface area contributed by atoms with Crippen LogP contribution in [0, 0.1) is 0 Å². The van der Waals surface area contributed by atoms with Crippen LogP contribution >= 0.6 is 7.82 Å². The number of amides is 1. The molecule has 1 amide bonds. The number of hydrogen-bond donors (Lipinski definition) is 2. The summed E-state index contributed by atoms with van der Waals surface area (Å²) < 4.78 is 30.5. The molecule has 0 aromatic heterocycles. The fourth-order valence-electron chi connectivity index (χ4n) is 7.73. The molecule has 9 nitrogen and oxygen atoms in total. The van der Waals surface area contributed by atoms with Crippen molar-refractivity contribution in [2.45, 2.75) is 245 Å². The van der Waals surface area contributed by atoms with Gasteiger partial charge in [0.1, 0.15) is 19.3 Å². The Morgan fingerprint density at radius 1 is 0.514 bits per heavy atom. The van der Waals surface area contributed by atoms with Gasteiger partial charge in [-0.25, -0.2) is 4.57 Å². The Bertz CT molecular complexity index is 1480. The maximum absolute atomic E-state index is 13.5.